The van der Waals surface area contributed by atoms with Crippen molar-refractivity contribution in [2.75, 3.05) is 37.6 Å². The minimum atomic E-state index is -0.198. The van der Waals surface area contributed by atoms with E-state index in [1.54, 1.807) is 4.52 Å². The molecule has 182 valence electrons. The van der Waals surface area contributed by atoms with Gasteiger partial charge in [-0.3, -0.25) is 9.69 Å². The molecule has 0 radical (unpaired) electrons. The smallest absolute Gasteiger partial charge is 0.220 e. The van der Waals surface area contributed by atoms with Crippen molar-refractivity contribution in [2.45, 2.75) is 46.1 Å². The van der Waals surface area contributed by atoms with Crippen molar-refractivity contribution in [3.8, 4) is 0 Å². The van der Waals surface area contributed by atoms with Crippen LogP contribution >= 0.6 is 0 Å². The molecule has 9 heteroatoms. The molecule has 1 aromatic carbocycles. The maximum atomic E-state index is 13.1. The molecule has 0 atom stereocenters. The second-order valence-electron chi connectivity index (χ2n) is 8.90. The van der Waals surface area contributed by atoms with Crippen LogP contribution in [0.3, 0.4) is 0 Å². The lowest BCUT2D eigenvalue weighted by Gasteiger charge is -2.32. The van der Waals surface area contributed by atoms with Gasteiger partial charge in [-0.05, 0) is 75.5 Å². The summed E-state index contributed by atoms with van der Waals surface area (Å²) in [5.74, 6) is 1.91. The number of rotatable bonds is 10. The molecule has 0 unspecified atom stereocenters. The van der Waals surface area contributed by atoms with Crippen LogP contribution in [0.5, 0.6) is 0 Å². The predicted octanol–water partition coefficient (Wildman–Crippen LogP) is 3.07. The molecular formula is C25H34FN7O. The first-order valence-corrected chi connectivity index (χ1v) is 12.3. The highest BCUT2D eigenvalue weighted by molar-refractivity contribution is 5.76. The molecule has 1 fully saturated rings. The number of halogens is 1. The average Bonchev–Trinajstić information content (AvgIpc) is 3.27. The van der Waals surface area contributed by atoms with Gasteiger partial charge in [0.1, 0.15) is 11.6 Å². The van der Waals surface area contributed by atoms with Crippen LogP contribution in [0.15, 0.2) is 36.4 Å². The highest BCUT2D eigenvalue weighted by Crippen LogP contribution is 2.19. The molecule has 34 heavy (non-hydrogen) atoms. The number of nitrogens with zero attached hydrogens (tertiary/aromatic N) is 6. The number of aryl methyl sites for hydroxylation is 1. The predicted molar refractivity (Wildman–Crippen MR) is 130 cm³/mol. The van der Waals surface area contributed by atoms with Gasteiger partial charge in [-0.2, -0.15) is 4.52 Å². The number of nitrogens with one attached hydrogen (secondary N) is 1. The Bertz CT molecular complexity index is 1070. The average molecular weight is 468 g/mol. The lowest BCUT2D eigenvalue weighted by molar-refractivity contribution is -0.121. The van der Waals surface area contributed by atoms with E-state index in [2.05, 4.69) is 44.3 Å². The number of carbonyl (C=O) groups is 1. The first-order chi connectivity index (χ1) is 16.6. The fourth-order valence-corrected chi connectivity index (χ4v) is 4.46. The summed E-state index contributed by atoms with van der Waals surface area (Å²) in [6.07, 6.45) is 2.96. The third-order valence-electron chi connectivity index (χ3n) is 6.59. The molecule has 3 aromatic rings. The summed E-state index contributed by atoms with van der Waals surface area (Å²) in [5.41, 5.74) is 1.83. The minimum absolute atomic E-state index is 0.0328. The Morgan fingerprint density at radius 1 is 1.09 bits per heavy atom. The van der Waals surface area contributed by atoms with Crippen molar-refractivity contribution < 1.29 is 9.18 Å². The second-order valence-corrected chi connectivity index (χ2v) is 8.90. The second kappa shape index (κ2) is 11.4. The van der Waals surface area contributed by atoms with Crippen LogP contribution in [-0.2, 0) is 17.8 Å². The Hall–Kier alpha value is -3.07. The molecule has 0 spiro atoms. The summed E-state index contributed by atoms with van der Waals surface area (Å²) in [4.78, 5) is 17.0. The minimum Gasteiger partial charge on any atom is -0.356 e. The fourth-order valence-electron chi connectivity index (χ4n) is 4.46. The Balaban J connectivity index is 1.21. The van der Waals surface area contributed by atoms with E-state index in [0.717, 1.165) is 56.9 Å². The molecule has 1 aliphatic rings. The first kappa shape index (κ1) is 24.1. The van der Waals surface area contributed by atoms with Crippen molar-refractivity contribution in [1.29, 1.82) is 0 Å². The highest BCUT2D eigenvalue weighted by Gasteiger charge is 2.20. The number of benzene rings is 1. The van der Waals surface area contributed by atoms with Crippen LogP contribution in [0.1, 0.15) is 44.5 Å². The highest BCUT2D eigenvalue weighted by atomic mass is 19.1. The zero-order chi connectivity index (χ0) is 23.9. The quantitative estimate of drug-likeness (QED) is 0.494. The van der Waals surface area contributed by atoms with Gasteiger partial charge >= 0.3 is 0 Å². The van der Waals surface area contributed by atoms with E-state index in [-0.39, 0.29) is 11.7 Å². The molecule has 8 nitrogen and oxygen atoms in total. The van der Waals surface area contributed by atoms with E-state index in [9.17, 15) is 9.18 Å². The number of carbonyl (C=O) groups excluding carboxylic acids is 1. The number of piperidine rings is 1. The molecular weight excluding hydrogens is 433 g/mol. The van der Waals surface area contributed by atoms with Gasteiger partial charge in [-0.1, -0.05) is 12.1 Å². The lowest BCUT2D eigenvalue weighted by Crippen LogP contribution is -2.38. The molecule has 0 bridgehead atoms. The molecule has 4 rings (SSSR count). The number of fused-ring (bicyclic) bond motifs is 1. The summed E-state index contributed by atoms with van der Waals surface area (Å²) in [6, 6.07) is 10.6. The summed E-state index contributed by atoms with van der Waals surface area (Å²) < 4.78 is 14.8. The normalized spacial score (nSPS) is 15.0. The van der Waals surface area contributed by atoms with Gasteiger partial charge in [0.2, 0.25) is 5.91 Å². The van der Waals surface area contributed by atoms with Gasteiger partial charge < -0.3 is 10.2 Å². The van der Waals surface area contributed by atoms with Gasteiger partial charge in [0.15, 0.2) is 11.5 Å². The number of amides is 1. The van der Waals surface area contributed by atoms with Gasteiger partial charge in [-0.15, -0.1) is 15.3 Å². The van der Waals surface area contributed by atoms with Crippen LogP contribution in [0.4, 0.5) is 10.2 Å². The van der Waals surface area contributed by atoms with Gasteiger partial charge in [-0.25, -0.2) is 4.39 Å². The monoisotopic (exact) mass is 467 g/mol. The summed E-state index contributed by atoms with van der Waals surface area (Å²) in [7, 11) is 0. The summed E-state index contributed by atoms with van der Waals surface area (Å²) in [6.45, 7) is 9.47. The van der Waals surface area contributed by atoms with Crippen LogP contribution in [-0.4, -0.2) is 63.3 Å². The molecule has 1 saturated heterocycles. The molecule has 1 aliphatic heterocycles. The van der Waals surface area contributed by atoms with Gasteiger partial charge in [0.25, 0.3) is 0 Å². The molecule has 0 saturated carbocycles. The van der Waals surface area contributed by atoms with Crippen molar-refractivity contribution in [3.63, 3.8) is 0 Å². The number of likely N-dealkylation sites (tertiary alicyclic amines) is 1. The van der Waals surface area contributed by atoms with E-state index in [4.69, 9.17) is 0 Å². The van der Waals surface area contributed by atoms with E-state index in [1.807, 2.05) is 24.3 Å². The summed E-state index contributed by atoms with van der Waals surface area (Å²) >= 11 is 0. The number of aromatic nitrogens is 4. The molecule has 3 heterocycles. The van der Waals surface area contributed by atoms with Crippen molar-refractivity contribution in [3.05, 3.63) is 53.6 Å². The van der Waals surface area contributed by atoms with Crippen molar-refractivity contribution in [2.24, 2.45) is 5.92 Å². The van der Waals surface area contributed by atoms with Crippen LogP contribution in [0, 0.1) is 11.7 Å². The van der Waals surface area contributed by atoms with Crippen molar-refractivity contribution >= 4 is 17.4 Å². The Morgan fingerprint density at radius 2 is 1.82 bits per heavy atom. The molecule has 1 N–H and O–H groups in total. The Labute approximate surface area is 200 Å². The van der Waals surface area contributed by atoms with Crippen LogP contribution in [0.2, 0.25) is 0 Å². The van der Waals surface area contributed by atoms with Gasteiger partial charge in [0.05, 0.1) is 0 Å². The van der Waals surface area contributed by atoms with E-state index in [1.165, 1.54) is 12.1 Å². The molecule has 2 aromatic heterocycles. The third-order valence-corrected chi connectivity index (χ3v) is 6.59. The van der Waals surface area contributed by atoms with Crippen LogP contribution in [0.25, 0.3) is 5.65 Å². The first-order valence-electron chi connectivity index (χ1n) is 12.3. The topological polar surface area (TPSA) is 78.7 Å². The Morgan fingerprint density at radius 3 is 2.53 bits per heavy atom. The fraction of sp³-hybridized carbons (Fsp3) is 0.520. The van der Waals surface area contributed by atoms with E-state index < -0.39 is 0 Å². The standard InChI is InChI=1S/C25H34FN7O/c1-3-32(4-2)24-10-9-22-28-29-23(33(22)30-24)11-12-25(34)27-17-19-13-15-31(16-14-19)18-20-5-7-21(26)8-6-20/h5-10,19H,3-4,11-18H2,1-2H3,(H,27,34). The zero-order valence-electron chi connectivity index (χ0n) is 20.1. The SMILES string of the molecule is CCN(CC)c1ccc2nnc(CCC(=O)NCC3CCN(Cc4ccc(F)cc4)CC3)n2n1. The maximum Gasteiger partial charge on any atom is 0.220 e. The lowest BCUT2D eigenvalue weighted by atomic mass is 9.96. The number of hydrogen-bond acceptors (Lipinski definition) is 6. The third kappa shape index (κ3) is 6.08. The van der Waals surface area contributed by atoms with Gasteiger partial charge in [0, 0.05) is 39.0 Å². The van der Waals surface area contributed by atoms with E-state index in [0.29, 0.717) is 36.8 Å². The molecule has 1 amide bonds. The summed E-state index contributed by atoms with van der Waals surface area (Å²) in [5, 5.41) is 16.2. The van der Waals surface area contributed by atoms with Crippen LogP contribution < -0.4 is 10.2 Å². The maximum absolute atomic E-state index is 13.1. The zero-order valence-corrected chi connectivity index (χ0v) is 20.1. The number of hydrogen-bond donors (Lipinski definition) is 1. The van der Waals surface area contributed by atoms with E-state index >= 15 is 0 Å². The van der Waals surface area contributed by atoms with Crippen molar-refractivity contribution in [1.82, 2.24) is 30.0 Å². The largest absolute Gasteiger partial charge is 0.356 e. The molecule has 0 aliphatic carbocycles. The Kier molecular flexibility index (Phi) is 8.05. The number of anilines is 1.